The first kappa shape index (κ1) is 13.1. The van der Waals surface area contributed by atoms with Crippen molar-refractivity contribution in [3.8, 4) is 0 Å². The number of aryl methyl sites for hydroxylation is 2. The Morgan fingerprint density at radius 3 is 2.26 bits per heavy atom. The predicted octanol–water partition coefficient (Wildman–Crippen LogP) is 0.951. The van der Waals surface area contributed by atoms with Crippen LogP contribution < -0.4 is 4.90 Å². The molecule has 0 radical (unpaired) electrons. The molecule has 1 fully saturated rings. The van der Waals surface area contributed by atoms with Gasteiger partial charge in [-0.15, -0.1) is 0 Å². The Kier molecular flexibility index (Phi) is 3.06. The molecule has 1 atom stereocenters. The number of anilines is 1. The molecule has 1 heterocycles. The molecule has 0 spiro atoms. The molecule has 1 aromatic carbocycles. The van der Waals surface area contributed by atoms with Crippen LogP contribution in [-0.4, -0.2) is 23.4 Å². The van der Waals surface area contributed by atoms with E-state index in [0.29, 0.717) is 11.3 Å². The summed E-state index contributed by atoms with van der Waals surface area (Å²) in [5.74, 6) is -4.71. The average Bonchev–Trinajstić information content (AvgIpc) is 2.52. The maximum absolute atomic E-state index is 12.1. The number of imide groups is 1. The lowest BCUT2D eigenvalue weighted by molar-refractivity contribution is -0.139. The number of carbonyl (C=O) groups excluding carboxylic acids is 4. The van der Waals surface area contributed by atoms with Gasteiger partial charge in [-0.1, -0.05) is 17.7 Å². The fraction of sp³-hybridized carbons (Fsp3) is 0.286. The fourth-order valence-corrected chi connectivity index (χ4v) is 2.22. The molecule has 19 heavy (non-hydrogen) atoms. The molecule has 1 aliphatic rings. The zero-order valence-electron chi connectivity index (χ0n) is 10.9. The van der Waals surface area contributed by atoms with E-state index in [9.17, 15) is 19.2 Å². The highest BCUT2D eigenvalue weighted by atomic mass is 16.2. The van der Waals surface area contributed by atoms with Crippen LogP contribution in [0.4, 0.5) is 5.69 Å². The lowest BCUT2D eigenvalue weighted by Crippen LogP contribution is -2.32. The van der Waals surface area contributed by atoms with E-state index < -0.39 is 29.3 Å². The molecule has 1 aliphatic heterocycles. The maximum Gasteiger partial charge on any atom is 0.302 e. The molecule has 1 aromatic rings. The van der Waals surface area contributed by atoms with Gasteiger partial charge in [-0.25, -0.2) is 4.90 Å². The SMILES string of the molecule is CC(=O)[C@@H]1C(=O)C(=O)N(c2ccc(C)cc2C)C1=O. The van der Waals surface area contributed by atoms with Gasteiger partial charge in [0.05, 0.1) is 5.69 Å². The summed E-state index contributed by atoms with van der Waals surface area (Å²) < 4.78 is 0. The quantitative estimate of drug-likeness (QED) is 0.450. The molecular weight excluding hydrogens is 246 g/mol. The molecular formula is C14H13NO4. The Balaban J connectivity index is 2.51. The minimum atomic E-state index is -1.48. The Morgan fingerprint density at radius 1 is 1.16 bits per heavy atom. The molecule has 98 valence electrons. The van der Waals surface area contributed by atoms with Gasteiger partial charge >= 0.3 is 5.91 Å². The van der Waals surface area contributed by atoms with Crippen molar-refractivity contribution in [2.45, 2.75) is 20.8 Å². The van der Waals surface area contributed by atoms with Crippen molar-refractivity contribution in [1.29, 1.82) is 0 Å². The first-order valence-corrected chi connectivity index (χ1v) is 5.84. The summed E-state index contributed by atoms with van der Waals surface area (Å²) in [6, 6.07) is 5.16. The summed E-state index contributed by atoms with van der Waals surface area (Å²) in [7, 11) is 0. The van der Waals surface area contributed by atoms with E-state index in [2.05, 4.69) is 0 Å². The van der Waals surface area contributed by atoms with Crippen molar-refractivity contribution >= 4 is 29.1 Å². The number of amides is 2. The average molecular weight is 259 g/mol. The zero-order chi connectivity index (χ0) is 14.3. The molecule has 5 heteroatoms. The molecule has 0 unspecified atom stereocenters. The van der Waals surface area contributed by atoms with E-state index in [4.69, 9.17) is 0 Å². The summed E-state index contributed by atoms with van der Waals surface area (Å²) in [6.07, 6.45) is 0. The lowest BCUT2D eigenvalue weighted by atomic mass is 10.0. The van der Waals surface area contributed by atoms with Crippen molar-refractivity contribution in [1.82, 2.24) is 0 Å². The molecule has 0 N–H and O–H groups in total. The van der Waals surface area contributed by atoms with Crippen LogP contribution >= 0.6 is 0 Å². The topological polar surface area (TPSA) is 71.5 Å². The molecule has 5 nitrogen and oxygen atoms in total. The van der Waals surface area contributed by atoms with Crippen LogP contribution in [0.25, 0.3) is 0 Å². The van der Waals surface area contributed by atoms with Crippen LogP contribution in [0, 0.1) is 19.8 Å². The second kappa shape index (κ2) is 4.42. The minimum Gasteiger partial charge on any atom is -0.299 e. The number of nitrogens with zero attached hydrogens (tertiary/aromatic N) is 1. The largest absolute Gasteiger partial charge is 0.302 e. The van der Waals surface area contributed by atoms with E-state index in [1.165, 1.54) is 0 Å². The van der Waals surface area contributed by atoms with E-state index in [1.807, 2.05) is 13.0 Å². The Hall–Kier alpha value is -2.30. The number of rotatable bonds is 2. The zero-order valence-corrected chi connectivity index (χ0v) is 10.9. The van der Waals surface area contributed by atoms with Crippen LogP contribution in [-0.2, 0) is 19.2 Å². The van der Waals surface area contributed by atoms with Crippen molar-refractivity contribution in [2.24, 2.45) is 5.92 Å². The van der Waals surface area contributed by atoms with Crippen LogP contribution in [0.1, 0.15) is 18.1 Å². The number of carbonyl (C=O) groups is 4. The van der Waals surface area contributed by atoms with E-state index >= 15 is 0 Å². The maximum atomic E-state index is 12.1. The molecule has 1 saturated heterocycles. The van der Waals surface area contributed by atoms with E-state index in [1.54, 1.807) is 19.1 Å². The monoisotopic (exact) mass is 259 g/mol. The third-order valence-electron chi connectivity index (χ3n) is 3.14. The molecule has 2 amide bonds. The highest BCUT2D eigenvalue weighted by Crippen LogP contribution is 2.28. The van der Waals surface area contributed by atoms with Gasteiger partial charge < -0.3 is 0 Å². The summed E-state index contributed by atoms with van der Waals surface area (Å²) in [6.45, 7) is 4.77. The smallest absolute Gasteiger partial charge is 0.299 e. The van der Waals surface area contributed by atoms with Crippen molar-refractivity contribution in [3.05, 3.63) is 29.3 Å². The molecule has 0 aliphatic carbocycles. The molecule has 2 rings (SSSR count). The van der Waals surface area contributed by atoms with Gasteiger partial charge in [0, 0.05) is 0 Å². The number of hydrogen-bond donors (Lipinski definition) is 0. The van der Waals surface area contributed by atoms with E-state index in [0.717, 1.165) is 17.4 Å². The third-order valence-corrected chi connectivity index (χ3v) is 3.14. The Labute approximate surface area is 110 Å². The summed E-state index contributed by atoms with van der Waals surface area (Å²) in [5.41, 5.74) is 2.05. The van der Waals surface area contributed by atoms with Gasteiger partial charge in [-0.05, 0) is 32.4 Å². The third kappa shape index (κ3) is 1.97. The van der Waals surface area contributed by atoms with Crippen LogP contribution in [0.3, 0.4) is 0 Å². The standard InChI is InChI=1S/C14H13NO4/c1-7-4-5-10(8(2)6-7)15-13(18)11(9(3)16)12(17)14(15)19/h4-6,11H,1-3H3/t11-/m1/s1. The number of ketones is 2. The highest BCUT2D eigenvalue weighted by molar-refractivity contribution is 6.59. The van der Waals surface area contributed by atoms with Crippen LogP contribution in [0.2, 0.25) is 0 Å². The Morgan fingerprint density at radius 2 is 1.79 bits per heavy atom. The highest BCUT2D eigenvalue weighted by Gasteiger charge is 2.50. The number of benzene rings is 1. The number of Topliss-reactive ketones (excluding diaryl/α,β-unsaturated/α-hetero) is 2. The lowest BCUT2D eigenvalue weighted by Gasteiger charge is -2.16. The second-order valence-corrected chi connectivity index (χ2v) is 4.68. The first-order valence-electron chi connectivity index (χ1n) is 5.84. The van der Waals surface area contributed by atoms with Gasteiger partial charge in [-0.2, -0.15) is 0 Å². The fourth-order valence-electron chi connectivity index (χ4n) is 2.22. The van der Waals surface area contributed by atoms with Crippen LogP contribution in [0.15, 0.2) is 18.2 Å². The Bertz CT molecular complexity index is 618. The van der Waals surface area contributed by atoms with Gasteiger partial charge in [-0.3, -0.25) is 19.2 Å². The van der Waals surface area contributed by atoms with Gasteiger partial charge in [0.2, 0.25) is 5.78 Å². The normalized spacial score (nSPS) is 19.2. The first-order chi connectivity index (χ1) is 8.84. The predicted molar refractivity (Wildman–Crippen MR) is 67.6 cm³/mol. The van der Waals surface area contributed by atoms with Crippen LogP contribution in [0.5, 0.6) is 0 Å². The second-order valence-electron chi connectivity index (χ2n) is 4.68. The van der Waals surface area contributed by atoms with Crippen molar-refractivity contribution in [3.63, 3.8) is 0 Å². The van der Waals surface area contributed by atoms with Gasteiger partial charge in [0.1, 0.15) is 5.78 Å². The van der Waals surface area contributed by atoms with Gasteiger partial charge in [0.15, 0.2) is 5.92 Å². The summed E-state index contributed by atoms with van der Waals surface area (Å²) in [5, 5.41) is 0. The van der Waals surface area contributed by atoms with Crippen molar-refractivity contribution in [2.75, 3.05) is 4.90 Å². The van der Waals surface area contributed by atoms with E-state index in [-0.39, 0.29) is 0 Å². The molecule has 0 aromatic heterocycles. The summed E-state index contributed by atoms with van der Waals surface area (Å²) in [4.78, 5) is 47.7. The summed E-state index contributed by atoms with van der Waals surface area (Å²) >= 11 is 0. The molecule has 0 bridgehead atoms. The van der Waals surface area contributed by atoms with Gasteiger partial charge in [0.25, 0.3) is 5.91 Å². The minimum absolute atomic E-state index is 0.359. The molecule has 0 saturated carbocycles. The van der Waals surface area contributed by atoms with Crippen molar-refractivity contribution < 1.29 is 19.2 Å². The number of hydrogen-bond acceptors (Lipinski definition) is 4.